The van der Waals surface area contributed by atoms with Crippen molar-refractivity contribution in [1.29, 1.82) is 5.26 Å². The molecule has 4 aliphatic rings. The first-order valence-corrected chi connectivity index (χ1v) is 11.0. The van der Waals surface area contributed by atoms with Crippen LogP contribution in [-0.2, 0) is 9.47 Å². The molecule has 0 spiro atoms. The zero-order valence-electron chi connectivity index (χ0n) is 17.2. The van der Waals surface area contributed by atoms with Gasteiger partial charge in [0.05, 0.1) is 18.1 Å². The second-order valence-corrected chi connectivity index (χ2v) is 8.63. The Balaban J connectivity index is 1.44. The number of allylic oxidation sites excluding steroid dienone is 1. The van der Waals surface area contributed by atoms with E-state index in [1.165, 1.54) is 0 Å². The molecule has 4 heterocycles. The monoisotopic (exact) mass is 415 g/mol. The number of ether oxygens (including phenoxy) is 2. The molecular formula is C24H25N5O2. The summed E-state index contributed by atoms with van der Waals surface area (Å²) in [6.07, 6.45) is 8.39. The number of nitrogens with two attached hydrogens (primary N) is 1. The summed E-state index contributed by atoms with van der Waals surface area (Å²) in [6.45, 7) is 0.773. The van der Waals surface area contributed by atoms with E-state index in [1.54, 1.807) is 0 Å². The Kier molecular flexibility index (Phi) is 4.30. The maximum atomic E-state index is 10.00. The molecule has 7 nitrogen and oxygen atoms in total. The van der Waals surface area contributed by atoms with Crippen molar-refractivity contribution in [2.24, 2.45) is 5.73 Å². The minimum Gasteiger partial charge on any atom is -0.423 e. The lowest BCUT2D eigenvalue weighted by Crippen LogP contribution is -2.45. The molecule has 7 heteroatoms. The van der Waals surface area contributed by atoms with E-state index in [2.05, 4.69) is 45.3 Å². The molecule has 0 radical (unpaired) electrons. The minimum absolute atomic E-state index is 0.0244. The second-order valence-electron chi connectivity index (χ2n) is 8.63. The molecule has 1 aliphatic carbocycles. The van der Waals surface area contributed by atoms with Crippen molar-refractivity contribution in [2.75, 3.05) is 6.61 Å². The number of rotatable bonds is 4. The van der Waals surface area contributed by atoms with E-state index in [4.69, 9.17) is 15.2 Å². The van der Waals surface area contributed by atoms with Gasteiger partial charge in [0.2, 0.25) is 11.8 Å². The van der Waals surface area contributed by atoms with Crippen LogP contribution in [0.4, 0.5) is 0 Å². The molecule has 3 unspecified atom stereocenters. The van der Waals surface area contributed by atoms with Gasteiger partial charge in [-0.25, -0.2) is 5.43 Å². The van der Waals surface area contributed by atoms with Gasteiger partial charge in [-0.15, -0.1) is 0 Å². The van der Waals surface area contributed by atoms with Gasteiger partial charge in [0.15, 0.2) is 0 Å². The van der Waals surface area contributed by atoms with E-state index in [9.17, 15) is 5.26 Å². The normalized spacial score (nSPS) is 28.0. The summed E-state index contributed by atoms with van der Waals surface area (Å²) in [5, 5.41) is 12.1. The quantitative estimate of drug-likeness (QED) is 0.798. The summed E-state index contributed by atoms with van der Waals surface area (Å²) in [4.78, 5) is 0. The number of hydrogen-bond donors (Lipinski definition) is 2. The predicted molar refractivity (Wildman–Crippen MR) is 114 cm³/mol. The first-order chi connectivity index (χ1) is 15.2. The Hall–Kier alpha value is -3.21. The summed E-state index contributed by atoms with van der Waals surface area (Å²) in [7, 11) is 0. The minimum atomic E-state index is -0.252. The number of aromatic nitrogens is 1. The zero-order valence-corrected chi connectivity index (χ0v) is 17.2. The Labute approximate surface area is 181 Å². The average Bonchev–Trinajstić information content (AvgIpc) is 3.20. The fourth-order valence-electron chi connectivity index (χ4n) is 4.98. The van der Waals surface area contributed by atoms with Crippen LogP contribution < -0.4 is 11.2 Å². The first kappa shape index (κ1) is 18.6. The zero-order chi connectivity index (χ0) is 20.9. The largest absolute Gasteiger partial charge is 0.423 e. The van der Waals surface area contributed by atoms with E-state index in [0.29, 0.717) is 11.6 Å². The summed E-state index contributed by atoms with van der Waals surface area (Å²) in [5.41, 5.74) is 13.6. The Morgan fingerprint density at radius 3 is 2.52 bits per heavy atom. The number of nitrogens with one attached hydrogen (secondary N) is 1. The van der Waals surface area contributed by atoms with Gasteiger partial charge in [-0.05, 0) is 55.5 Å². The van der Waals surface area contributed by atoms with E-state index in [0.717, 1.165) is 55.0 Å². The van der Waals surface area contributed by atoms with Gasteiger partial charge in [-0.2, -0.15) is 5.26 Å². The standard InChI is InChI=1S/C24H25N5O2/c25-14-18-20(15-5-7-16(8-6-15)28-11-1-2-12-28)21-22(19-4-3-13-30-19)27-29(17-9-10-17)24(21)31-23(18)26/h1-2,5-8,11-12,17,19-20,22,27H,3-4,9-10,13,26H2. The highest BCUT2D eigenvalue weighted by Crippen LogP contribution is 2.48. The van der Waals surface area contributed by atoms with Crippen molar-refractivity contribution < 1.29 is 9.47 Å². The van der Waals surface area contributed by atoms with Crippen molar-refractivity contribution >= 4 is 0 Å². The summed E-state index contributed by atoms with van der Waals surface area (Å²) in [6, 6.07) is 15.1. The fourth-order valence-corrected chi connectivity index (χ4v) is 4.98. The first-order valence-electron chi connectivity index (χ1n) is 11.0. The van der Waals surface area contributed by atoms with Gasteiger partial charge in [0, 0.05) is 36.3 Å². The molecule has 2 fully saturated rings. The predicted octanol–water partition coefficient (Wildman–Crippen LogP) is 3.03. The Bertz CT molecular complexity index is 1090. The summed E-state index contributed by atoms with van der Waals surface area (Å²) < 4.78 is 14.2. The van der Waals surface area contributed by atoms with E-state index >= 15 is 0 Å². The number of benzene rings is 1. The molecule has 1 aromatic carbocycles. The van der Waals surface area contributed by atoms with Crippen LogP contribution in [0.2, 0.25) is 0 Å². The number of hydrogen-bond acceptors (Lipinski definition) is 6. The Morgan fingerprint density at radius 1 is 1.10 bits per heavy atom. The summed E-state index contributed by atoms with van der Waals surface area (Å²) >= 11 is 0. The van der Waals surface area contributed by atoms with Gasteiger partial charge in [-0.3, -0.25) is 5.01 Å². The smallest absolute Gasteiger partial charge is 0.214 e. The number of hydrazine groups is 1. The highest BCUT2D eigenvalue weighted by atomic mass is 16.5. The maximum absolute atomic E-state index is 10.00. The lowest BCUT2D eigenvalue weighted by atomic mass is 9.79. The SMILES string of the molecule is N#CC1=C(N)OC2=C(C1c1ccc(-n3cccc3)cc1)C(C1CCCO1)NN2C1CC1. The molecule has 2 aromatic rings. The lowest BCUT2D eigenvalue weighted by molar-refractivity contribution is 0.0618. The van der Waals surface area contributed by atoms with Crippen LogP contribution in [0.1, 0.15) is 37.2 Å². The molecule has 3 aliphatic heterocycles. The van der Waals surface area contributed by atoms with Gasteiger partial charge in [0.1, 0.15) is 11.6 Å². The van der Waals surface area contributed by atoms with Crippen LogP contribution in [0.5, 0.6) is 0 Å². The second kappa shape index (κ2) is 7.19. The topological polar surface area (TPSA) is 88.5 Å². The van der Waals surface area contributed by atoms with Crippen molar-refractivity contribution in [3.8, 4) is 11.8 Å². The number of nitriles is 1. The van der Waals surface area contributed by atoms with Gasteiger partial charge in [0.25, 0.3) is 0 Å². The molecule has 6 rings (SSSR count). The van der Waals surface area contributed by atoms with Gasteiger partial charge < -0.3 is 19.8 Å². The van der Waals surface area contributed by atoms with E-state index in [1.807, 2.05) is 24.5 Å². The van der Waals surface area contributed by atoms with Crippen LogP contribution in [0.15, 0.2) is 71.7 Å². The fraction of sp³-hybridized carbons (Fsp3) is 0.375. The lowest BCUT2D eigenvalue weighted by Gasteiger charge is -2.29. The molecule has 31 heavy (non-hydrogen) atoms. The Morgan fingerprint density at radius 2 is 1.87 bits per heavy atom. The van der Waals surface area contributed by atoms with Crippen molar-refractivity contribution in [2.45, 2.75) is 49.8 Å². The van der Waals surface area contributed by atoms with E-state index in [-0.39, 0.29) is 23.9 Å². The van der Waals surface area contributed by atoms with Crippen LogP contribution in [0, 0.1) is 11.3 Å². The molecule has 0 amide bonds. The third-order valence-corrected chi connectivity index (χ3v) is 6.65. The van der Waals surface area contributed by atoms with Crippen LogP contribution in [0.25, 0.3) is 5.69 Å². The third-order valence-electron chi connectivity index (χ3n) is 6.65. The average molecular weight is 415 g/mol. The molecule has 1 saturated carbocycles. The molecule has 1 saturated heterocycles. The van der Waals surface area contributed by atoms with Gasteiger partial charge >= 0.3 is 0 Å². The highest BCUT2D eigenvalue weighted by Gasteiger charge is 2.50. The maximum Gasteiger partial charge on any atom is 0.214 e. The van der Waals surface area contributed by atoms with Crippen LogP contribution in [-0.4, -0.2) is 34.4 Å². The van der Waals surface area contributed by atoms with Crippen molar-refractivity contribution in [3.05, 3.63) is 77.3 Å². The molecule has 158 valence electrons. The van der Waals surface area contributed by atoms with Crippen molar-refractivity contribution in [3.63, 3.8) is 0 Å². The van der Waals surface area contributed by atoms with Crippen LogP contribution in [0.3, 0.4) is 0 Å². The molecular weight excluding hydrogens is 390 g/mol. The number of nitrogens with zero attached hydrogens (tertiary/aromatic N) is 3. The van der Waals surface area contributed by atoms with Gasteiger partial charge in [-0.1, -0.05) is 12.1 Å². The van der Waals surface area contributed by atoms with E-state index < -0.39 is 0 Å². The van der Waals surface area contributed by atoms with Crippen molar-refractivity contribution in [1.82, 2.24) is 15.0 Å². The molecule has 3 N–H and O–H groups in total. The summed E-state index contributed by atoms with van der Waals surface area (Å²) in [5.74, 6) is 0.707. The molecule has 1 aromatic heterocycles. The highest BCUT2D eigenvalue weighted by molar-refractivity contribution is 5.53. The van der Waals surface area contributed by atoms with Crippen LogP contribution >= 0.6 is 0 Å². The molecule has 0 bridgehead atoms. The third kappa shape index (κ3) is 3.02. The molecule has 3 atom stereocenters.